The fourth-order valence-electron chi connectivity index (χ4n) is 0.725. The summed E-state index contributed by atoms with van der Waals surface area (Å²) in [5.41, 5.74) is 0.422. The summed E-state index contributed by atoms with van der Waals surface area (Å²) < 4.78 is 6.79. The highest BCUT2D eigenvalue weighted by Gasteiger charge is 2.05. The molecule has 0 saturated heterocycles. The van der Waals surface area contributed by atoms with Gasteiger partial charge in [-0.2, -0.15) is 0 Å². The van der Waals surface area contributed by atoms with Crippen molar-refractivity contribution in [2.45, 2.75) is 15.6 Å². The van der Waals surface area contributed by atoms with E-state index >= 15 is 0 Å². The highest BCUT2D eigenvalue weighted by atomic mass is 32.2. The normalized spacial score (nSPS) is 10.1. The van der Waals surface area contributed by atoms with Crippen LogP contribution in [0.15, 0.2) is 20.8 Å². The third-order valence-electron chi connectivity index (χ3n) is 1.45. The predicted octanol–water partition coefficient (Wildman–Crippen LogP) is 2.47. The summed E-state index contributed by atoms with van der Waals surface area (Å²) in [4.78, 5) is 11.0. The smallest absolute Gasteiger partial charge is 0.333 e. The number of aromatic nitrogens is 2. The molecule has 7 heteroatoms. The van der Waals surface area contributed by atoms with E-state index in [0.717, 1.165) is 8.68 Å². The van der Waals surface area contributed by atoms with E-state index in [2.05, 4.69) is 16.8 Å². The van der Waals surface area contributed by atoms with E-state index in [9.17, 15) is 4.79 Å². The second kappa shape index (κ2) is 6.93. The Balaban J connectivity index is 2.20. The van der Waals surface area contributed by atoms with E-state index in [1.165, 1.54) is 11.8 Å². The highest BCUT2D eigenvalue weighted by molar-refractivity contribution is 8.02. The van der Waals surface area contributed by atoms with Crippen LogP contribution in [0.1, 0.15) is 6.92 Å². The van der Waals surface area contributed by atoms with E-state index < -0.39 is 0 Å². The molecule has 0 aliphatic carbocycles. The number of carbonyl (C=O) groups is 1. The molecule has 0 unspecified atom stereocenters. The molecule has 0 fully saturated rings. The Morgan fingerprint density at radius 1 is 1.50 bits per heavy atom. The quantitative estimate of drug-likeness (QED) is 0.344. The molecule has 0 atom stereocenters. The van der Waals surface area contributed by atoms with Crippen LogP contribution in [0.4, 0.5) is 0 Å². The molecule has 0 spiro atoms. The van der Waals surface area contributed by atoms with Gasteiger partial charge in [0, 0.05) is 11.3 Å². The third-order valence-corrected chi connectivity index (χ3v) is 4.45. The number of esters is 1. The van der Waals surface area contributed by atoms with Crippen LogP contribution in [0.5, 0.6) is 0 Å². The molecule has 16 heavy (non-hydrogen) atoms. The molecule has 0 aromatic carbocycles. The zero-order valence-electron chi connectivity index (χ0n) is 9.06. The van der Waals surface area contributed by atoms with Gasteiger partial charge in [-0.05, 0) is 13.2 Å². The standard InChI is InChI=1S/C9H12N2O2S3/c1-6(2)7(12)13-4-5-15-9-11-10-8(14-3)16-9/h1,4-5H2,2-3H3. The van der Waals surface area contributed by atoms with Crippen LogP contribution in [0, 0.1) is 0 Å². The van der Waals surface area contributed by atoms with Crippen molar-refractivity contribution in [2.24, 2.45) is 0 Å². The first-order valence-electron chi connectivity index (χ1n) is 4.46. The fraction of sp³-hybridized carbons (Fsp3) is 0.444. The number of hydrogen-bond donors (Lipinski definition) is 0. The van der Waals surface area contributed by atoms with Crippen LogP contribution in [0.2, 0.25) is 0 Å². The Labute approximate surface area is 107 Å². The number of carbonyl (C=O) groups excluding carboxylic acids is 1. The SMILES string of the molecule is C=C(C)C(=O)OCCSc1nnc(SC)s1. The van der Waals surface area contributed by atoms with Crippen molar-refractivity contribution < 1.29 is 9.53 Å². The first-order valence-corrected chi connectivity index (χ1v) is 7.49. The lowest BCUT2D eigenvalue weighted by atomic mass is 10.4. The van der Waals surface area contributed by atoms with Crippen LogP contribution in [-0.2, 0) is 9.53 Å². The fourth-order valence-corrected chi connectivity index (χ4v) is 3.05. The van der Waals surface area contributed by atoms with Crippen molar-refractivity contribution in [1.29, 1.82) is 0 Å². The molecule has 1 heterocycles. The summed E-state index contributed by atoms with van der Waals surface area (Å²) in [7, 11) is 0. The molecule has 0 aliphatic heterocycles. The molecule has 1 rings (SSSR count). The highest BCUT2D eigenvalue weighted by Crippen LogP contribution is 2.26. The molecule has 0 aliphatic rings. The van der Waals surface area contributed by atoms with Gasteiger partial charge in [-0.25, -0.2) is 4.79 Å². The van der Waals surface area contributed by atoms with Crippen molar-refractivity contribution >= 4 is 40.8 Å². The maximum Gasteiger partial charge on any atom is 0.333 e. The molecule has 0 N–H and O–H groups in total. The second-order valence-electron chi connectivity index (χ2n) is 2.80. The lowest BCUT2D eigenvalue weighted by Crippen LogP contribution is -2.07. The second-order valence-corrected chi connectivity index (χ2v) is 6.18. The molecule has 1 aromatic rings. The summed E-state index contributed by atoms with van der Waals surface area (Å²) >= 11 is 4.65. The molecule has 1 aromatic heterocycles. The summed E-state index contributed by atoms with van der Waals surface area (Å²) in [6.45, 7) is 5.50. The number of rotatable bonds is 6. The molecule has 0 saturated carbocycles. The summed E-state index contributed by atoms with van der Waals surface area (Å²) in [6.07, 6.45) is 1.96. The van der Waals surface area contributed by atoms with E-state index in [-0.39, 0.29) is 5.97 Å². The molecule has 0 radical (unpaired) electrons. The Bertz CT molecular complexity index is 379. The monoisotopic (exact) mass is 276 g/mol. The summed E-state index contributed by atoms with van der Waals surface area (Å²) in [5, 5.41) is 7.96. The van der Waals surface area contributed by atoms with E-state index in [4.69, 9.17) is 4.74 Å². The third kappa shape index (κ3) is 4.54. The van der Waals surface area contributed by atoms with Gasteiger partial charge >= 0.3 is 5.97 Å². The van der Waals surface area contributed by atoms with Gasteiger partial charge in [0.05, 0.1) is 0 Å². The zero-order chi connectivity index (χ0) is 12.0. The van der Waals surface area contributed by atoms with Crippen molar-refractivity contribution in [1.82, 2.24) is 10.2 Å². The molecular formula is C9H12N2O2S3. The minimum atomic E-state index is -0.345. The average Bonchev–Trinajstić information content (AvgIpc) is 2.71. The van der Waals surface area contributed by atoms with Gasteiger partial charge < -0.3 is 4.74 Å². The van der Waals surface area contributed by atoms with Gasteiger partial charge in [0.2, 0.25) is 0 Å². The lowest BCUT2D eigenvalue weighted by Gasteiger charge is -2.01. The van der Waals surface area contributed by atoms with E-state index in [1.807, 2.05) is 6.26 Å². The molecule has 88 valence electrons. The van der Waals surface area contributed by atoms with Crippen LogP contribution in [-0.4, -0.2) is 34.8 Å². The van der Waals surface area contributed by atoms with Gasteiger partial charge in [-0.15, -0.1) is 10.2 Å². The molecule has 4 nitrogen and oxygen atoms in total. The number of thioether (sulfide) groups is 2. The molecular weight excluding hydrogens is 264 g/mol. The first kappa shape index (κ1) is 13.5. The largest absolute Gasteiger partial charge is 0.461 e. The van der Waals surface area contributed by atoms with Gasteiger partial charge in [-0.1, -0.05) is 41.4 Å². The van der Waals surface area contributed by atoms with E-state index in [1.54, 1.807) is 30.0 Å². The Morgan fingerprint density at radius 2 is 2.19 bits per heavy atom. The van der Waals surface area contributed by atoms with Crippen LogP contribution < -0.4 is 0 Å². The van der Waals surface area contributed by atoms with Gasteiger partial charge in [0.15, 0.2) is 8.68 Å². The average molecular weight is 276 g/mol. The van der Waals surface area contributed by atoms with Crippen molar-refractivity contribution in [3.05, 3.63) is 12.2 Å². The topological polar surface area (TPSA) is 52.1 Å². The summed E-state index contributed by atoms with van der Waals surface area (Å²) in [6, 6.07) is 0. The number of ether oxygens (including phenoxy) is 1. The van der Waals surface area contributed by atoms with Gasteiger partial charge in [0.1, 0.15) is 6.61 Å². The Morgan fingerprint density at radius 3 is 2.75 bits per heavy atom. The summed E-state index contributed by atoms with van der Waals surface area (Å²) in [5.74, 6) is 0.338. The van der Waals surface area contributed by atoms with Crippen LogP contribution in [0.3, 0.4) is 0 Å². The first-order chi connectivity index (χ1) is 7.63. The van der Waals surface area contributed by atoms with Gasteiger partial charge in [-0.3, -0.25) is 0 Å². The number of hydrogen-bond acceptors (Lipinski definition) is 7. The van der Waals surface area contributed by atoms with Crippen LogP contribution >= 0.6 is 34.9 Å². The molecule has 0 amide bonds. The van der Waals surface area contributed by atoms with Crippen molar-refractivity contribution in [3.8, 4) is 0 Å². The molecule has 0 bridgehead atoms. The predicted molar refractivity (Wildman–Crippen MR) is 68.2 cm³/mol. The van der Waals surface area contributed by atoms with Crippen molar-refractivity contribution in [3.63, 3.8) is 0 Å². The lowest BCUT2D eigenvalue weighted by molar-refractivity contribution is -0.138. The number of nitrogens with zero attached hydrogens (tertiary/aromatic N) is 2. The zero-order valence-corrected chi connectivity index (χ0v) is 11.5. The van der Waals surface area contributed by atoms with Crippen molar-refractivity contribution in [2.75, 3.05) is 18.6 Å². The Hall–Kier alpha value is -0.530. The van der Waals surface area contributed by atoms with Crippen LogP contribution in [0.25, 0.3) is 0 Å². The minimum Gasteiger partial charge on any atom is -0.461 e. The maximum atomic E-state index is 11.0. The minimum absolute atomic E-state index is 0.345. The van der Waals surface area contributed by atoms with E-state index in [0.29, 0.717) is 17.9 Å². The Kier molecular flexibility index (Phi) is 5.86. The van der Waals surface area contributed by atoms with Gasteiger partial charge in [0.25, 0.3) is 0 Å². The maximum absolute atomic E-state index is 11.0.